The fraction of sp³-hybridized carbons (Fsp3) is 0.185. The zero-order chi connectivity index (χ0) is 23.4. The van der Waals surface area contributed by atoms with Gasteiger partial charge < -0.3 is 0 Å². The monoisotopic (exact) mass is 459 g/mol. The first kappa shape index (κ1) is 22.8. The molecule has 33 heavy (non-hydrogen) atoms. The van der Waals surface area contributed by atoms with Gasteiger partial charge in [-0.3, -0.25) is 9.59 Å². The zero-order valence-corrected chi connectivity index (χ0v) is 19.2. The van der Waals surface area contributed by atoms with Crippen molar-refractivity contribution in [3.05, 3.63) is 113 Å². The molecule has 3 aromatic rings. The first-order valence-electron chi connectivity index (χ1n) is 10.8. The maximum atomic E-state index is 13.3. The number of benzene rings is 3. The molecule has 5 nitrogen and oxygen atoms in total. The summed E-state index contributed by atoms with van der Waals surface area (Å²) in [7, 11) is -3.76. The van der Waals surface area contributed by atoms with Gasteiger partial charge in [0, 0.05) is 42.1 Å². The van der Waals surface area contributed by atoms with E-state index >= 15 is 0 Å². The van der Waals surface area contributed by atoms with Crippen LogP contribution in [0.1, 0.15) is 32.7 Å². The molecule has 3 aromatic carbocycles. The van der Waals surface area contributed by atoms with Crippen LogP contribution in [0.2, 0.25) is 0 Å². The summed E-state index contributed by atoms with van der Waals surface area (Å²) in [6, 6.07) is 24.4. The average molecular weight is 460 g/mol. The molecule has 4 rings (SSSR count). The van der Waals surface area contributed by atoms with Gasteiger partial charge in [0.15, 0.2) is 11.6 Å². The van der Waals surface area contributed by atoms with Crippen molar-refractivity contribution in [3.8, 4) is 0 Å². The minimum absolute atomic E-state index is 0.0499. The Labute approximate surface area is 194 Å². The third-order valence-corrected chi connectivity index (χ3v) is 7.71. The lowest BCUT2D eigenvalue weighted by Crippen LogP contribution is -2.41. The van der Waals surface area contributed by atoms with E-state index in [0.717, 1.165) is 5.56 Å². The lowest BCUT2D eigenvalue weighted by Gasteiger charge is -2.31. The van der Waals surface area contributed by atoms with E-state index in [2.05, 4.69) is 0 Å². The number of aryl methyl sites for hydroxylation is 1. The summed E-state index contributed by atoms with van der Waals surface area (Å²) in [6.45, 7) is 2.05. The lowest BCUT2D eigenvalue weighted by atomic mass is 9.85. The third kappa shape index (κ3) is 5.02. The van der Waals surface area contributed by atoms with Crippen molar-refractivity contribution in [2.45, 2.75) is 18.2 Å². The van der Waals surface area contributed by atoms with E-state index in [4.69, 9.17) is 0 Å². The summed E-state index contributed by atoms with van der Waals surface area (Å²) in [4.78, 5) is 26.4. The Morgan fingerprint density at radius 2 is 1.42 bits per heavy atom. The molecule has 1 aliphatic rings. The van der Waals surface area contributed by atoms with Crippen LogP contribution in [0.15, 0.2) is 101 Å². The fourth-order valence-corrected chi connectivity index (χ4v) is 5.44. The van der Waals surface area contributed by atoms with Crippen LogP contribution in [0.25, 0.3) is 0 Å². The van der Waals surface area contributed by atoms with Crippen molar-refractivity contribution in [3.63, 3.8) is 0 Å². The quantitative estimate of drug-likeness (QED) is 0.480. The third-order valence-electron chi connectivity index (χ3n) is 5.86. The second-order valence-electron chi connectivity index (χ2n) is 8.18. The highest BCUT2D eigenvalue weighted by molar-refractivity contribution is 7.89. The molecule has 0 amide bonds. The summed E-state index contributed by atoms with van der Waals surface area (Å²) in [5, 5.41) is 0. The first-order chi connectivity index (χ1) is 15.9. The largest absolute Gasteiger partial charge is 0.294 e. The number of nitrogens with zero attached hydrogens (tertiary/aromatic N) is 1. The van der Waals surface area contributed by atoms with E-state index in [-0.39, 0.29) is 36.0 Å². The Morgan fingerprint density at radius 3 is 2.03 bits per heavy atom. The molecule has 0 saturated heterocycles. The van der Waals surface area contributed by atoms with Crippen LogP contribution in [0.3, 0.4) is 0 Å². The molecule has 1 aliphatic heterocycles. The molecular formula is C27H25NO4S. The van der Waals surface area contributed by atoms with Crippen molar-refractivity contribution < 1.29 is 18.0 Å². The van der Waals surface area contributed by atoms with Gasteiger partial charge in [0.2, 0.25) is 10.0 Å². The van der Waals surface area contributed by atoms with E-state index in [1.54, 1.807) is 78.9 Å². The van der Waals surface area contributed by atoms with Gasteiger partial charge >= 0.3 is 0 Å². The average Bonchev–Trinajstić information content (AvgIpc) is 2.85. The highest BCUT2D eigenvalue weighted by Crippen LogP contribution is 2.30. The second-order valence-corrected chi connectivity index (χ2v) is 10.1. The number of sulfonamides is 1. The summed E-state index contributed by atoms with van der Waals surface area (Å²) in [6.07, 6.45) is 1.71. The van der Waals surface area contributed by atoms with Crippen molar-refractivity contribution in [1.29, 1.82) is 0 Å². The van der Waals surface area contributed by atoms with Gasteiger partial charge in [0.1, 0.15) is 0 Å². The molecule has 0 bridgehead atoms. The van der Waals surface area contributed by atoms with Gasteiger partial charge in [0.05, 0.1) is 4.90 Å². The molecule has 0 N–H and O–H groups in total. The Balaban J connectivity index is 1.66. The molecule has 0 fully saturated rings. The van der Waals surface area contributed by atoms with Crippen LogP contribution in [-0.2, 0) is 10.0 Å². The highest BCUT2D eigenvalue weighted by Gasteiger charge is 2.35. The van der Waals surface area contributed by atoms with Crippen LogP contribution in [-0.4, -0.2) is 37.4 Å². The van der Waals surface area contributed by atoms with Crippen molar-refractivity contribution >= 4 is 21.6 Å². The Bertz CT molecular complexity index is 1280. The van der Waals surface area contributed by atoms with E-state index < -0.39 is 15.9 Å². The maximum Gasteiger partial charge on any atom is 0.243 e. The molecule has 1 atom stereocenters. The Hall–Kier alpha value is -3.35. The minimum atomic E-state index is -3.76. The van der Waals surface area contributed by atoms with Crippen molar-refractivity contribution in [2.75, 3.05) is 13.1 Å². The number of ketones is 2. The van der Waals surface area contributed by atoms with Gasteiger partial charge in [-0.05, 0) is 19.1 Å². The predicted octanol–water partition coefficient (Wildman–Crippen LogP) is 4.70. The van der Waals surface area contributed by atoms with Crippen LogP contribution in [0.5, 0.6) is 0 Å². The van der Waals surface area contributed by atoms with E-state index in [9.17, 15) is 18.0 Å². The molecule has 0 spiro atoms. The number of Topliss-reactive ketones (excluding diaryl/α,β-unsaturated/α-hetero) is 2. The molecule has 0 aromatic heterocycles. The van der Waals surface area contributed by atoms with Gasteiger partial charge in [0.25, 0.3) is 0 Å². The molecule has 1 unspecified atom stereocenters. The number of carbonyl (C=O) groups excluding carboxylic acids is 2. The number of carbonyl (C=O) groups is 2. The highest BCUT2D eigenvalue weighted by atomic mass is 32.2. The van der Waals surface area contributed by atoms with E-state index in [1.165, 1.54) is 4.31 Å². The van der Waals surface area contributed by atoms with Gasteiger partial charge in [-0.25, -0.2) is 8.42 Å². The molecule has 6 heteroatoms. The zero-order valence-electron chi connectivity index (χ0n) is 18.3. The van der Waals surface area contributed by atoms with Gasteiger partial charge in [-0.1, -0.05) is 84.4 Å². The number of rotatable bonds is 7. The lowest BCUT2D eigenvalue weighted by molar-refractivity contribution is 0.0949. The van der Waals surface area contributed by atoms with Gasteiger partial charge in [-0.15, -0.1) is 0 Å². The Kier molecular flexibility index (Phi) is 6.67. The maximum absolute atomic E-state index is 13.3. The van der Waals surface area contributed by atoms with E-state index in [1.807, 2.05) is 19.1 Å². The smallest absolute Gasteiger partial charge is 0.243 e. The summed E-state index contributed by atoms with van der Waals surface area (Å²) in [5.74, 6) is -0.838. The van der Waals surface area contributed by atoms with Crippen LogP contribution < -0.4 is 0 Å². The van der Waals surface area contributed by atoms with E-state index in [0.29, 0.717) is 16.7 Å². The molecular weight excluding hydrogens is 434 g/mol. The van der Waals surface area contributed by atoms with Crippen LogP contribution in [0, 0.1) is 12.8 Å². The van der Waals surface area contributed by atoms with Gasteiger partial charge in [-0.2, -0.15) is 4.31 Å². The standard InChI is InChI=1S/C27H25NO4S/c1-20-12-14-24(15-13-20)33(31,32)28-17-16-25(27(30)22-10-6-3-7-11-22)23(19-28)18-26(29)21-8-4-2-5-9-21/h2-16,23H,17-19H2,1H3. The minimum Gasteiger partial charge on any atom is -0.294 e. The molecule has 0 radical (unpaired) electrons. The molecule has 0 aliphatic carbocycles. The molecule has 0 saturated carbocycles. The van der Waals surface area contributed by atoms with Crippen molar-refractivity contribution in [1.82, 2.24) is 4.31 Å². The predicted molar refractivity (Wildman–Crippen MR) is 128 cm³/mol. The Morgan fingerprint density at radius 1 is 0.848 bits per heavy atom. The van der Waals surface area contributed by atoms with Crippen LogP contribution >= 0.6 is 0 Å². The number of hydrogen-bond acceptors (Lipinski definition) is 4. The summed E-state index contributed by atoms with van der Waals surface area (Å²) >= 11 is 0. The first-order valence-corrected chi connectivity index (χ1v) is 12.2. The number of hydrogen-bond donors (Lipinski definition) is 0. The second kappa shape index (κ2) is 9.65. The SMILES string of the molecule is Cc1ccc(S(=O)(=O)N2CC=C(C(=O)c3ccccc3)C(CC(=O)c3ccccc3)C2)cc1. The topological polar surface area (TPSA) is 71.5 Å². The normalized spacial score (nSPS) is 16.8. The fourth-order valence-electron chi connectivity index (χ4n) is 4.02. The molecule has 168 valence electrons. The summed E-state index contributed by atoms with van der Waals surface area (Å²) < 4.78 is 27.9. The molecule has 1 heterocycles. The summed E-state index contributed by atoms with van der Waals surface area (Å²) in [5.41, 5.74) is 2.52. The van der Waals surface area contributed by atoms with Crippen LogP contribution in [0.4, 0.5) is 0 Å². The van der Waals surface area contributed by atoms with Crippen molar-refractivity contribution in [2.24, 2.45) is 5.92 Å².